The Balaban J connectivity index is 0.000000956. The molecule has 104 valence electrons. The van der Waals surface area contributed by atoms with Crippen molar-refractivity contribution in [3.63, 3.8) is 0 Å². The maximum atomic E-state index is 4.52. The van der Waals surface area contributed by atoms with Gasteiger partial charge < -0.3 is 0 Å². The second-order valence-electron chi connectivity index (χ2n) is 4.33. The van der Waals surface area contributed by atoms with E-state index in [1.807, 2.05) is 58.2 Å². The molecule has 1 heteroatoms. The summed E-state index contributed by atoms with van der Waals surface area (Å²) < 4.78 is 0. The van der Waals surface area contributed by atoms with E-state index < -0.39 is 0 Å². The minimum atomic E-state index is 1.01. The molecular formula is C19H23N. The quantitative estimate of drug-likeness (QED) is 0.639. The van der Waals surface area contributed by atoms with Gasteiger partial charge in [-0.25, -0.2) is 0 Å². The highest BCUT2D eigenvalue weighted by atomic mass is 14.7. The summed E-state index contributed by atoms with van der Waals surface area (Å²) in [6, 6.07) is 10.3. The van der Waals surface area contributed by atoms with E-state index in [1.54, 1.807) is 0 Å². The normalized spacial score (nSPS) is 11.3. The summed E-state index contributed by atoms with van der Waals surface area (Å²) >= 11 is 0. The molecule has 0 saturated carbocycles. The molecule has 2 aromatic rings. The first-order valence-corrected chi connectivity index (χ1v) is 7.06. The molecule has 0 fully saturated rings. The van der Waals surface area contributed by atoms with Crippen LogP contribution in [-0.2, 0) is 0 Å². The van der Waals surface area contributed by atoms with Crippen LogP contribution >= 0.6 is 0 Å². The van der Waals surface area contributed by atoms with E-state index in [0.717, 1.165) is 16.8 Å². The summed E-state index contributed by atoms with van der Waals surface area (Å²) in [5.74, 6) is 0. The van der Waals surface area contributed by atoms with Crippen molar-refractivity contribution in [2.45, 2.75) is 27.7 Å². The molecule has 0 aliphatic rings. The van der Waals surface area contributed by atoms with Crippen LogP contribution in [-0.4, -0.2) is 4.98 Å². The Hall–Kier alpha value is -2.15. The Kier molecular flexibility index (Phi) is 6.45. The van der Waals surface area contributed by atoms with Gasteiger partial charge in [-0.05, 0) is 25.3 Å². The van der Waals surface area contributed by atoms with Gasteiger partial charge in [-0.2, -0.15) is 0 Å². The zero-order chi connectivity index (χ0) is 15.0. The smallest absolute Gasteiger partial charge is 0.0780 e. The number of allylic oxidation sites excluding steroid dienone is 5. The first-order chi connectivity index (χ1) is 9.72. The highest BCUT2D eigenvalue weighted by molar-refractivity contribution is 5.94. The van der Waals surface area contributed by atoms with Crippen LogP contribution in [0.4, 0.5) is 0 Å². The molecular weight excluding hydrogens is 242 g/mol. The highest BCUT2D eigenvalue weighted by Crippen LogP contribution is 2.24. The van der Waals surface area contributed by atoms with Crippen LogP contribution in [0, 0.1) is 0 Å². The number of rotatable bonds is 3. The third-order valence-corrected chi connectivity index (χ3v) is 2.70. The standard InChI is InChI=1S/C17H17N.C2H6/c1-4-7-15(12-13(2)3)17-16-9-6-5-8-14(16)10-11-18-17;1-2/h4-12H,2H2,1,3H3;1-2H3/b7-4-,15-12+;. The van der Waals surface area contributed by atoms with Crippen molar-refractivity contribution in [2.24, 2.45) is 0 Å². The lowest BCUT2D eigenvalue weighted by Gasteiger charge is -2.06. The largest absolute Gasteiger partial charge is 0.256 e. The van der Waals surface area contributed by atoms with Gasteiger partial charge >= 0.3 is 0 Å². The van der Waals surface area contributed by atoms with E-state index in [9.17, 15) is 0 Å². The summed E-state index contributed by atoms with van der Waals surface area (Å²) in [6.45, 7) is 12.0. The highest BCUT2D eigenvalue weighted by Gasteiger charge is 2.05. The van der Waals surface area contributed by atoms with Gasteiger partial charge in [0, 0.05) is 17.2 Å². The van der Waals surface area contributed by atoms with Crippen LogP contribution in [0.25, 0.3) is 16.3 Å². The molecule has 0 bridgehead atoms. The van der Waals surface area contributed by atoms with E-state index in [0.29, 0.717) is 0 Å². The average Bonchev–Trinajstić information content (AvgIpc) is 2.48. The predicted molar refractivity (Wildman–Crippen MR) is 90.7 cm³/mol. The molecule has 1 heterocycles. The van der Waals surface area contributed by atoms with Gasteiger partial charge in [0.1, 0.15) is 0 Å². The SMILES string of the molecule is C=C(C)/C=C(\C=C/C)c1nccc2ccccc12.CC. The summed E-state index contributed by atoms with van der Waals surface area (Å²) in [7, 11) is 0. The van der Waals surface area contributed by atoms with Crippen LogP contribution in [0.15, 0.2) is 66.9 Å². The maximum Gasteiger partial charge on any atom is 0.0780 e. The van der Waals surface area contributed by atoms with E-state index in [2.05, 4.69) is 35.8 Å². The summed E-state index contributed by atoms with van der Waals surface area (Å²) in [5.41, 5.74) is 3.13. The molecule has 2 rings (SSSR count). The summed E-state index contributed by atoms with van der Waals surface area (Å²) in [4.78, 5) is 4.52. The Bertz CT molecular complexity index is 628. The molecule has 0 aliphatic heterocycles. The average molecular weight is 265 g/mol. The van der Waals surface area contributed by atoms with Crippen LogP contribution in [0.5, 0.6) is 0 Å². The Morgan fingerprint density at radius 3 is 2.50 bits per heavy atom. The third-order valence-electron chi connectivity index (χ3n) is 2.70. The fraction of sp³-hybridized carbons (Fsp3) is 0.211. The lowest BCUT2D eigenvalue weighted by molar-refractivity contribution is 1.31. The van der Waals surface area contributed by atoms with E-state index in [1.165, 1.54) is 10.8 Å². The van der Waals surface area contributed by atoms with Crippen molar-refractivity contribution in [3.8, 4) is 0 Å². The predicted octanol–water partition coefficient (Wildman–Crippen LogP) is 5.80. The zero-order valence-corrected chi connectivity index (χ0v) is 12.9. The van der Waals surface area contributed by atoms with Crippen molar-refractivity contribution in [1.82, 2.24) is 4.98 Å². The van der Waals surface area contributed by atoms with Gasteiger partial charge in [0.25, 0.3) is 0 Å². The van der Waals surface area contributed by atoms with Crippen molar-refractivity contribution >= 4 is 16.3 Å². The first kappa shape index (κ1) is 15.9. The number of pyridine rings is 1. The lowest BCUT2D eigenvalue weighted by Crippen LogP contribution is -1.89. The van der Waals surface area contributed by atoms with Crippen molar-refractivity contribution < 1.29 is 0 Å². The second-order valence-corrected chi connectivity index (χ2v) is 4.33. The molecule has 0 spiro atoms. The van der Waals surface area contributed by atoms with Crippen molar-refractivity contribution in [3.05, 3.63) is 72.6 Å². The molecule has 1 nitrogen and oxygen atoms in total. The van der Waals surface area contributed by atoms with E-state index in [4.69, 9.17) is 0 Å². The van der Waals surface area contributed by atoms with Gasteiger partial charge in [-0.1, -0.05) is 68.5 Å². The lowest BCUT2D eigenvalue weighted by atomic mass is 10.0. The van der Waals surface area contributed by atoms with E-state index in [-0.39, 0.29) is 0 Å². The molecule has 0 saturated heterocycles. The van der Waals surface area contributed by atoms with Gasteiger partial charge in [0.15, 0.2) is 0 Å². The number of hydrogen-bond acceptors (Lipinski definition) is 1. The molecule has 20 heavy (non-hydrogen) atoms. The van der Waals surface area contributed by atoms with Crippen LogP contribution in [0.2, 0.25) is 0 Å². The fourth-order valence-corrected chi connectivity index (χ4v) is 1.99. The Labute approximate surface area is 122 Å². The number of benzene rings is 1. The van der Waals surface area contributed by atoms with Gasteiger partial charge in [0.05, 0.1) is 5.69 Å². The summed E-state index contributed by atoms with van der Waals surface area (Å²) in [5, 5.41) is 2.38. The topological polar surface area (TPSA) is 12.9 Å². The number of hydrogen-bond donors (Lipinski definition) is 0. The molecule has 0 aliphatic carbocycles. The molecule has 1 aromatic carbocycles. The van der Waals surface area contributed by atoms with Crippen LogP contribution in [0.3, 0.4) is 0 Å². The number of aromatic nitrogens is 1. The van der Waals surface area contributed by atoms with Crippen molar-refractivity contribution in [2.75, 3.05) is 0 Å². The van der Waals surface area contributed by atoms with Crippen LogP contribution < -0.4 is 0 Å². The molecule has 0 unspecified atom stereocenters. The molecule has 1 aromatic heterocycles. The fourth-order valence-electron chi connectivity index (χ4n) is 1.99. The Morgan fingerprint density at radius 2 is 1.85 bits per heavy atom. The minimum Gasteiger partial charge on any atom is -0.256 e. The number of nitrogens with zero attached hydrogens (tertiary/aromatic N) is 1. The molecule has 0 radical (unpaired) electrons. The van der Waals surface area contributed by atoms with Crippen molar-refractivity contribution in [1.29, 1.82) is 0 Å². The molecule has 0 N–H and O–H groups in total. The van der Waals surface area contributed by atoms with Gasteiger partial charge in [0.2, 0.25) is 0 Å². The maximum absolute atomic E-state index is 4.52. The monoisotopic (exact) mass is 265 g/mol. The minimum absolute atomic E-state index is 1.01. The molecule has 0 amide bonds. The second kappa shape index (κ2) is 8.11. The zero-order valence-electron chi connectivity index (χ0n) is 12.9. The third kappa shape index (κ3) is 3.92. The molecule has 0 atom stereocenters. The van der Waals surface area contributed by atoms with Crippen LogP contribution in [0.1, 0.15) is 33.4 Å². The summed E-state index contributed by atoms with van der Waals surface area (Å²) in [6.07, 6.45) is 8.02. The van der Waals surface area contributed by atoms with Gasteiger partial charge in [-0.3, -0.25) is 4.98 Å². The van der Waals surface area contributed by atoms with Gasteiger partial charge in [-0.15, -0.1) is 0 Å². The first-order valence-electron chi connectivity index (χ1n) is 7.06. The van der Waals surface area contributed by atoms with E-state index >= 15 is 0 Å². The number of fused-ring (bicyclic) bond motifs is 1. The Morgan fingerprint density at radius 1 is 1.15 bits per heavy atom.